The summed E-state index contributed by atoms with van der Waals surface area (Å²) in [4.78, 5) is 38.0. The van der Waals surface area contributed by atoms with Crippen LogP contribution in [0.2, 0.25) is 18.1 Å². The molecular weight excluding hydrogens is 434 g/mol. The van der Waals surface area contributed by atoms with E-state index in [2.05, 4.69) is 54.2 Å². The number of nitrogens with zero attached hydrogens (tertiary/aromatic N) is 4. The molecule has 3 N–H and O–H groups in total. The van der Waals surface area contributed by atoms with E-state index in [9.17, 15) is 19.8 Å². The fourth-order valence-corrected chi connectivity index (χ4v) is 4.12. The number of fused-ring (bicyclic) bond motifs is 1. The van der Waals surface area contributed by atoms with Crippen molar-refractivity contribution in [3.8, 4) is 0 Å². The summed E-state index contributed by atoms with van der Waals surface area (Å²) in [6.45, 7) is 14.0. The first-order valence-corrected chi connectivity index (χ1v) is 13.6. The highest BCUT2D eigenvalue weighted by atomic mass is 28.4. The van der Waals surface area contributed by atoms with Gasteiger partial charge < -0.3 is 19.4 Å². The van der Waals surface area contributed by atoms with Gasteiger partial charge in [-0.1, -0.05) is 34.6 Å². The molecule has 11 nitrogen and oxygen atoms in total. The highest BCUT2D eigenvalue weighted by molar-refractivity contribution is 6.74. The average molecular weight is 468 g/mol. The minimum absolute atomic E-state index is 0.0171. The van der Waals surface area contributed by atoms with Crippen LogP contribution < -0.4 is 5.32 Å². The van der Waals surface area contributed by atoms with E-state index in [0.29, 0.717) is 0 Å². The Labute approximate surface area is 188 Å². The molecule has 0 bridgehead atoms. The van der Waals surface area contributed by atoms with Crippen LogP contribution in [0.1, 0.15) is 34.6 Å². The molecule has 1 unspecified atom stereocenters. The maximum absolute atomic E-state index is 12.4. The van der Waals surface area contributed by atoms with Gasteiger partial charge in [0, 0.05) is 5.92 Å². The standard InChI is InChI=1S/C20H33N5O6Si/c1-10(2)16(28)23-19-22-15-12(17(29)24-19)21-9-25(15)18-14(27)13(26)11(31-18)8-30-32(6,7)20(3,4)5/h9-14,18,26-27H,8H2,1-7H3,(H,23,24,28,29)/t11-,12?,13-,14-,18-/m1/s1. The van der Waals surface area contributed by atoms with Crippen molar-refractivity contribution in [1.82, 2.24) is 10.2 Å². The van der Waals surface area contributed by atoms with Crippen LogP contribution in [0.3, 0.4) is 0 Å². The number of guanidine groups is 1. The fraction of sp³-hybridized carbons (Fsp3) is 0.750. The number of amidine groups is 1. The van der Waals surface area contributed by atoms with E-state index in [0.717, 1.165) is 0 Å². The molecule has 3 rings (SSSR count). The third kappa shape index (κ3) is 4.69. The number of carbonyl (C=O) groups excluding carboxylic acids is 2. The van der Waals surface area contributed by atoms with Crippen molar-refractivity contribution in [2.24, 2.45) is 20.9 Å². The third-order valence-corrected chi connectivity index (χ3v) is 10.8. The SMILES string of the molecule is CC(C)C(=O)N=C1N=C2C(N=CN2[C@@H]2O[C@H](CO[Si](C)(C)C(C)(C)C)[C@@H](O)[C@H]2O)C(=O)N1. The highest BCUT2D eigenvalue weighted by Gasteiger charge is 2.50. The van der Waals surface area contributed by atoms with E-state index < -0.39 is 50.7 Å². The molecule has 3 heterocycles. The Hall–Kier alpha value is -1.99. The van der Waals surface area contributed by atoms with Crippen LogP contribution in [0.15, 0.2) is 15.0 Å². The lowest BCUT2D eigenvalue weighted by Crippen LogP contribution is -2.53. The fourth-order valence-electron chi connectivity index (χ4n) is 3.11. The second-order valence-electron chi connectivity index (χ2n) is 10.1. The number of aliphatic hydroxyl groups is 2. The molecule has 1 saturated heterocycles. The number of nitrogens with one attached hydrogen (secondary N) is 1. The molecule has 12 heteroatoms. The van der Waals surface area contributed by atoms with Gasteiger partial charge in [-0.25, -0.2) is 0 Å². The van der Waals surface area contributed by atoms with E-state index in [-0.39, 0.29) is 29.4 Å². The van der Waals surface area contributed by atoms with Crippen molar-refractivity contribution in [3.63, 3.8) is 0 Å². The van der Waals surface area contributed by atoms with Gasteiger partial charge in [-0.05, 0) is 18.1 Å². The lowest BCUT2D eigenvalue weighted by atomic mass is 10.1. The third-order valence-electron chi connectivity index (χ3n) is 6.29. The van der Waals surface area contributed by atoms with Crippen molar-refractivity contribution < 1.29 is 29.0 Å². The molecule has 3 aliphatic rings. The Balaban J connectivity index is 1.77. The van der Waals surface area contributed by atoms with Crippen LogP contribution in [0.25, 0.3) is 0 Å². The van der Waals surface area contributed by atoms with Gasteiger partial charge in [0.15, 0.2) is 26.4 Å². The highest BCUT2D eigenvalue weighted by Crippen LogP contribution is 2.37. The predicted molar refractivity (Wildman–Crippen MR) is 121 cm³/mol. The lowest BCUT2D eigenvalue weighted by molar-refractivity contribution is -0.120. The van der Waals surface area contributed by atoms with Crippen LogP contribution in [0.5, 0.6) is 0 Å². The van der Waals surface area contributed by atoms with Crippen molar-refractivity contribution in [3.05, 3.63) is 0 Å². The van der Waals surface area contributed by atoms with E-state index in [1.54, 1.807) is 13.8 Å². The first-order valence-electron chi connectivity index (χ1n) is 10.7. The molecule has 0 aliphatic carbocycles. The number of amides is 2. The molecule has 2 amide bonds. The second kappa shape index (κ2) is 8.75. The van der Waals surface area contributed by atoms with Crippen molar-refractivity contribution in [1.29, 1.82) is 0 Å². The first-order chi connectivity index (χ1) is 14.7. The molecule has 1 fully saturated rings. The summed E-state index contributed by atoms with van der Waals surface area (Å²) in [7, 11) is -2.09. The molecule has 178 valence electrons. The van der Waals surface area contributed by atoms with E-state index in [4.69, 9.17) is 9.16 Å². The van der Waals surface area contributed by atoms with Crippen LogP contribution in [0.4, 0.5) is 0 Å². The summed E-state index contributed by atoms with van der Waals surface area (Å²) < 4.78 is 12.1. The van der Waals surface area contributed by atoms with Crippen LogP contribution in [0, 0.1) is 5.92 Å². The molecule has 0 saturated carbocycles. The van der Waals surface area contributed by atoms with Gasteiger partial charge in [-0.15, -0.1) is 0 Å². The van der Waals surface area contributed by atoms with Gasteiger partial charge in [0.05, 0.1) is 12.9 Å². The quantitative estimate of drug-likeness (QED) is 0.491. The van der Waals surface area contributed by atoms with Crippen LogP contribution >= 0.6 is 0 Å². The number of rotatable bonds is 5. The Morgan fingerprint density at radius 3 is 2.59 bits per heavy atom. The minimum Gasteiger partial charge on any atom is -0.414 e. The van der Waals surface area contributed by atoms with E-state index >= 15 is 0 Å². The van der Waals surface area contributed by atoms with Crippen molar-refractivity contribution in [2.45, 2.75) is 83.3 Å². The summed E-state index contributed by atoms with van der Waals surface area (Å²) in [5.41, 5.74) is 0. The molecule has 0 aromatic heterocycles. The Bertz CT molecular complexity index is 865. The van der Waals surface area contributed by atoms with Gasteiger partial charge in [-0.2, -0.15) is 9.98 Å². The van der Waals surface area contributed by atoms with Crippen LogP contribution in [-0.4, -0.2) is 90.6 Å². The second-order valence-corrected chi connectivity index (χ2v) is 14.9. The number of ether oxygens (including phenoxy) is 1. The first kappa shape index (κ1) is 24.6. The number of hydrogen-bond donors (Lipinski definition) is 3. The molecule has 3 aliphatic heterocycles. The maximum Gasteiger partial charge on any atom is 0.259 e. The molecule has 5 atom stereocenters. The Morgan fingerprint density at radius 1 is 1.34 bits per heavy atom. The van der Waals surface area contributed by atoms with Gasteiger partial charge >= 0.3 is 0 Å². The normalized spacial score (nSPS) is 31.9. The maximum atomic E-state index is 12.4. The number of aliphatic imine (C=N–C) groups is 3. The minimum atomic E-state index is -2.09. The monoisotopic (exact) mass is 467 g/mol. The van der Waals surface area contributed by atoms with Gasteiger partial charge in [0.25, 0.3) is 11.8 Å². The molecule has 0 aromatic rings. The van der Waals surface area contributed by atoms with E-state index in [1.165, 1.54) is 11.2 Å². The van der Waals surface area contributed by atoms with Crippen molar-refractivity contribution in [2.75, 3.05) is 6.61 Å². The largest absolute Gasteiger partial charge is 0.414 e. The average Bonchev–Trinajstić information content (AvgIpc) is 3.21. The Kier molecular flexibility index (Phi) is 6.74. The summed E-state index contributed by atoms with van der Waals surface area (Å²) in [6.07, 6.45) is -2.90. The zero-order valence-electron chi connectivity index (χ0n) is 19.6. The Morgan fingerprint density at radius 2 is 2.00 bits per heavy atom. The molecule has 0 spiro atoms. The smallest absolute Gasteiger partial charge is 0.259 e. The number of carbonyl (C=O) groups is 2. The molecular formula is C20H33N5O6Si. The van der Waals surface area contributed by atoms with E-state index in [1.807, 2.05) is 0 Å². The number of aliphatic hydroxyl groups excluding tert-OH is 2. The van der Waals surface area contributed by atoms with Gasteiger partial charge in [-0.3, -0.25) is 24.8 Å². The van der Waals surface area contributed by atoms with Gasteiger partial charge in [0.1, 0.15) is 18.3 Å². The lowest BCUT2D eigenvalue weighted by Gasteiger charge is -2.37. The van der Waals surface area contributed by atoms with Gasteiger partial charge in [0.2, 0.25) is 5.96 Å². The molecule has 0 aromatic carbocycles. The molecule has 32 heavy (non-hydrogen) atoms. The summed E-state index contributed by atoms with van der Waals surface area (Å²) in [5.74, 6) is -1.24. The summed E-state index contributed by atoms with van der Waals surface area (Å²) in [6, 6.07) is -0.946. The zero-order chi connectivity index (χ0) is 24.0. The molecule has 0 radical (unpaired) electrons. The number of hydrogen-bond acceptors (Lipinski definition) is 8. The van der Waals surface area contributed by atoms with Crippen molar-refractivity contribution >= 4 is 38.3 Å². The topological polar surface area (TPSA) is 145 Å². The zero-order valence-corrected chi connectivity index (χ0v) is 20.6. The summed E-state index contributed by atoms with van der Waals surface area (Å²) in [5, 5.41) is 23.7. The van der Waals surface area contributed by atoms with Crippen LogP contribution in [-0.2, 0) is 18.8 Å². The predicted octanol–water partition coefficient (Wildman–Crippen LogP) is 0.234. The summed E-state index contributed by atoms with van der Waals surface area (Å²) >= 11 is 0.